The molecule has 0 atom stereocenters. The van der Waals surface area contributed by atoms with Crippen molar-refractivity contribution in [2.24, 2.45) is 5.73 Å². The number of hydrogen-bond donors (Lipinski definition) is 2. The van der Waals surface area contributed by atoms with Crippen LogP contribution in [0.15, 0.2) is 0 Å². The molecule has 0 aliphatic heterocycles. The van der Waals surface area contributed by atoms with Crippen LogP contribution in [0.5, 0.6) is 0 Å². The third kappa shape index (κ3) is 1.99. The molecule has 6 nitrogen and oxygen atoms in total. The molecule has 2 aromatic rings. The molecule has 0 aliphatic carbocycles. The number of aromatic nitrogens is 4. The fraction of sp³-hybridized carbons (Fsp3) is 0.385. The standard InChI is InChI=1S/C13H18N6/c1-6-9(4)18-19(10(6)5)13-11(12(14)15)7(2)8(3)16-17-13/h1-5H3,(H3,14,15). The second-order valence-electron chi connectivity index (χ2n) is 4.73. The Labute approximate surface area is 112 Å². The van der Waals surface area contributed by atoms with Crippen LogP contribution in [0.1, 0.15) is 33.8 Å². The van der Waals surface area contributed by atoms with Gasteiger partial charge in [0, 0.05) is 5.69 Å². The number of nitrogen functional groups attached to an aromatic ring is 1. The van der Waals surface area contributed by atoms with E-state index in [1.54, 1.807) is 4.68 Å². The van der Waals surface area contributed by atoms with Crippen molar-refractivity contribution in [1.82, 2.24) is 20.0 Å². The van der Waals surface area contributed by atoms with E-state index >= 15 is 0 Å². The molecule has 0 saturated carbocycles. The Balaban J connectivity index is 2.79. The molecule has 0 radical (unpaired) electrons. The van der Waals surface area contributed by atoms with Gasteiger partial charge in [0.25, 0.3) is 0 Å². The van der Waals surface area contributed by atoms with E-state index < -0.39 is 0 Å². The fourth-order valence-corrected chi connectivity index (χ4v) is 1.99. The molecule has 100 valence electrons. The number of rotatable bonds is 2. The summed E-state index contributed by atoms with van der Waals surface area (Å²) in [4.78, 5) is 0. The minimum atomic E-state index is -0.0179. The lowest BCUT2D eigenvalue weighted by atomic mass is 10.1. The lowest BCUT2D eigenvalue weighted by Gasteiger charge is -2.12. The second-order valence-corrected chi connectivity index (χ2v) is 4.73. The zero-order chi connectivity index (χ0) is 14.3. The van der Waals surface area contributed by atoms with Crippen LogP contribution in [0.3, 0.4) is 0 Å². The van der Waals surface area contributed by atoms with Gasteiger partial charge in [0.2, 0.25) is 0 Å². The summed E-state index contributed by atoms with van der Waals surface area (Å²) in [6.45, 7) is 9.67. The largest absolute Gasteiger partial charge is 0.384 e. The summed E-state index contributed by atoms with van der Waals surface area (Å²) in [7, 11) is 0. The van der Waals surface area contributed by atoms with Crippen molar-refractivity contribution in [2.75, 3.05) is 0 Å². The molecule has 0 saturated heterocycles. The zero-order valence-corrected chi connectivity index (χ0v) is 11.9. The maximum absolute atomic E-state index is 7.76. The average Bonchev–Trinajstić information content (AvgIpc) is 2.60. The number of hydrogen-bond acceptors (Lipinski definition) is 4. The summed E-state index contributed by atoms with van der Waals surface area (Å²) in [6.07, 6.45) is 0. The van der Waals surface area contributed by atoms with Crippen LogP contribution in [0, 0.1) is 40.0 Å². The van der Waals surface area contributed by atoms with Gasteiger partial charge in [0.05, 0.1) is 17.0 Å². The van der Waals surface area contributed by atoms with Gasteiger partial charge in [-0.15, -0.1) is 5.10 Å². The summed E-state index contributed by atoms with van der Waals surface area (Å²) in [5.74, 6) is 0.500. The summed E-state index contributed by atoms with van der Waals surface area (Å²) >= 11 is 0. The Bertz CT molecular complexity index is 668. The van der Waals surface area contributed by atoms with E-state index in [9.17, 15) is 0 Å². The van der Waals surface area contributed by atoms with Gasteiger partial charge in [-0.25, -0.2) is 4.68 Å². The van der Waals surface area contributed by atoms with E-state index in [-0.39, 0.29) is 5.84 Å². The SMILES string of the molecule is Cc1nnc(-n2nc(C)c(C)c2C)c(C(=N)N)c1C. The molecule has 0 fully saturated rings. The number of nitrogens with one attached hydrogen (secondary N) is 1. The Morgan fingerprint density at radius 2 is 1.63 bits per heavy atom. The molecule has 0 amide bonds. The summed E-state index contributed by atoms with van der Waals surface area (Å²) in [5, 5.41) is 20.5. The zero-order valence-electron chi connectivity index (χ0n) is 11.9. The van der Waals surface area contributed by atoms with Gasteiger partial charge in [0.15, 0.2) is 5.82 Å². The number of aryl methyl sites for hydroxylation is 2. The van der Waals surface area contributed by atoms with Crippen LogP contribution in [0.25, 0.3) is 5.82 Å². The number of nitrogens with zero attached hydrogens (tertiary/aromatic N) is 4. The van der Waals surface area contributed by atoms with Crippen LogP contribution < -0.4 is 5.73 Å². The molecular formula is C13H18N6. The van der Waals surface area contributed by atoms with Gasteiger partial charge < -0.3 is 5.73 Å². The minimum Gasteiger partial charge on any atom is -0.384 e. The first-order chi connectivity index (χ1) is 8.84. The highest BCUT2D eigenvalue weighted by Gasteiger charge is 2.19. The van der Waals surface area contributed by atoms with Gasteiger partial charge in [-0.2, -0.15) is 10.2 Å². The van der Waals surface area contributed by atoms with Gasteiger partial charge in [-0.1, -0.05) is 0 Å². The third-order valence-corrected chi connectivity index (χ3v) is 3.56. The number of amidine groups is 1. The fourth-order valence-electron chi connectivity index (χ4n) is 1.99. The van der Waals surface area contributed by atoms with Crippen LogP contribution in [-0.2, 0) is 0 Å². The first-order valence-corrected chi connectivity index (χ1v) is 6.06. The molecule has 2 heterocycles. The quantitative estimate of drug-likeness (QED) is 0.630. The molecule has 2 aromatic heterocycles. The predicted octanol–water partition coefficient (Wildman–Crippen LogP) is 1.49. The van der Waals surface area contributed by atoms with E-state index in [4.69, 9.17) is 11.1 Å². The van der Waals surface area contributed by atoms with Crippen molar-refractivity contribution < 1.29 is 0 Å². The van der Waals surface area contributed by atoms with Gasteiger partial charge in [0.1, 0.15) is 5.84 Å². The van der Waals surface area contributed by atoms with E-state index in [1.165, 1.54) is 0 Å². The van der Waals surface area contributed by atoms with Crippen LogP contribution >= 0.6 is 0 Å². The monoisotopic (exact) mass is 258 g/mol. The molecule has 0 aromatic carbocycles. The lowest BCUT2D eigenvalue weighted by Crippen LogP contribution is -2.20. The van der Waals surface area contributed by atoms with Crippen molar-refractivity contribution in [3.8, 4) is 5.82 Å². The topological polar surface area (TPSA) is 93.5 Å². The maximum atomic E-state index is 7.76. The first-order valence-electron chi connectivity index (χ1n) is 6.06. The normalized spacial score (nSPS) is 10.8. The highest BCUT2D eigenvalue weighted by atomic mass is 15.4. The van der Waals surface area contributed by atoms with E-state index in [1.807, 2.05) is 34.6 Å². The Kier molecular flexibility index (Phi) is 3.09. The van der Waals surface area contributed by atoms with E-state index in [0.29, 0.717) is 11.4 Å². The van der Waals surface area contributed by atoms with Crippen LogP contribution in [0.4, 0.5) is 0 Å². The molecule has 6 heteroatoms. The maximum Gasteiger partial charge on any atom is 0.187 e. The van der Waals surface area contributed by atoms with E-state index in [0.717, 1.165) is 28.2 Å². The molecule has 0 bridgehead atoms. The molecule has 3 N–H and O–H groups in total. The summed E-state index contributed by atoms with van der Waals surface area (Å²) in [5.41, 5.74) is 10.9. The Hall–Kier alpha value is -2.24. The highest BCUT2D eigenvalue weighted by Crippen LogP contribution is 2.21. The van der Waals surface area contributed by atoms with Gasteiger partial charge in [-0.05, 0) is 45.7 Å². The average molecular weight is 258 g/mol. The van der Waals surface area contributed by atoms with Crippen molar-refractivity contribution in [1.29, 1.82) is 5.41 Å². The molecular weight excluding hydrogens is 240 g/mol. The summed E-state index contributed by atoms with van der Waals surface area (Å²) in [6, 6.07) is 0. The molecule has 2 rings (SSSR count). The van der Waals surface area contributed by atoms with Crippen molar-refractivity contribution >= 4 is 5.84 Å². The van der Waals surface area contributed by atoms with Crippen molar-refractivity contribution in [3.05, 3.63) is 33.8 Å². The first kappa shape index (κ1) is 13.2. The minimum absolute atomic E-state index is 0.0179. The van der Waals surface area contributed by atoms with E-state index in [2.05, 4.69) is 15.3 Å². The predicted molar refractivity (Wildman–Crippen MR) is 73.9 cm³/mol. The van der Waals surface area contributed by atoms with Gasteiger partial charge >= 0.3 is 0 Å². The van der Waals surface area contributed by atoms with Crippen molar-refractivity contribution in [2.45, 2.75) is 34.6 Å². The molecule has 0 unspecified atom stereocenters. The molecule has 19 heavy (non-hydrogen) atoms. The third-order valence-electron chi connectivity index (χ3n) is 3.56. The van der Waals surface area contributed by atoms with Crippen LogP contribution in [0.2, 0.25) is 0 Å². The number of nitrogens with two attached hydrogens (primary N) is 1. The molecule has 0 aliphatic rings. The van der Waals surface area contributed by atoms with Crippen LogP contribution in [-0.4, -0.2) is 25.8 Å². The summed E-state index contributed by atoms with van der Waals surface area (Å²) < 4.78 is 1.71. The Morgan fingerprint density at radius 1 is 1.00 bits per heavy atom. The van der Waals surface area contributed by atoms with Gasteiger partial charge in [-0.3, -0.25) is 5.41 Å². The van der Waals surface area contributed by atoms with Crippen molar-refractivity contribution in [3.63, 3.8) is 0 Å². The lowest BCUT2D eigenvalue weighted by molar-refractivity contribution is 0.768. The molecule has 0 spiro atoms. The second kappa shape index (κ2) is 4.46. The smallest absolute Gasteiger partial charge is 0.187 e. The highest BCUT2D eigenvalue weighted by molar-refractivity contribution is 5.99. The Morgan fingerprint density at radius 3 is 2.11 bits per heavy atom.